The van der Waals surface area contributed by atoms with Crippen LogP contribution in [0.15, 0.2) is 41.3 Å². The van der Waals surface area contributed by atoms with Crippen molar-refractivity contribution in [3.63, 3.8) is 0 Å². The average Bonchev–Trinajstić information content (AvgIpc) is 2.69. The molecule has 158 valence electrons. The van der Waals surface area contributed by atoms with Gasteiger partial charge in [-0.05, 0) is 80.8 Å². The molecule has 0 aromatic heterocycles. The van der Waals surface area contributed by atoms with Gasteiger partial charge < -0.3 is 4.90 Å². The fourth-order valence-electron chi connectivity index (χ4n) is 3.69. The van der Waals surface area contributed by atoms with Crippen molar-refractivity contribution in [3.05, 3.63) is 58.1 Å². The smallest absolute Gasteiger partial charge is 0.240 e. The molecule has 0 aliphatic carbocycles. The SMILES string of the molecule is Cc1cc(C)c(S(=O)(=O)NCCCN2CCN(c3ccc(Cl)cc3)CC2)cc1C. The second-order valence-corrected chi connectivity index (χ2v) is 9.93. The Morgan fingerprint density at radius 3 is 2.21 bits per heavy atom. The van der Waals surface area contributed by atoms with Crippen LogP contribution in [0.5, 0.6) is 0 Å². The van der Waals surface area contributed by atoms with Crippen LogP contribution in [0.2, 0.25) is 5.02 Å². The molecule has 1 N–H and O–H groups in total. The number of nitrogens with zero attached hydrogens (tertiary/aromatic N) is 2. The van der Waals surface area contributed by atoms with Crippen LogP contribution in [-0.4, -0.2) is 52.6 Å². The van der Waals surface area contributed by atoms with Gasteiger partial charge in [0.1, 0.15) is 0 Å². The number of piperazine rings is 1. The van der Waals surface area contributed by atoms with Gasteiger partial charge in [-0.3, -0.25) is 4.90 Å². The van der Waals surface area contributed by atoms with Gasteiger partial charge in [0, 0.05) is 43.4 Å². The summed E-state index contributed by atoms with van der Waals surface area (Å²) in [7, 11) is -3.47. The van der Waals surface area contributed by atoms with Crippen molar-refractivity contribution < 1.29 is 8.42 Å². The van der Waals surface area contributed by atoms with Gasteiger partial charge in [0.15, 0.2) is 0 Å². The topological polar surface area (TPSA) is 52.7 Å². The van der Waals surface area contributed by atoms with E-state index in [9.17, 15) is 8.42 Å². The summed E-state index contributed by atoms with van der Waals surface area (Å²) in [5.74, 6) is 0. The standard InChI is InChI=1S/C22H30ClN3O2S/c1-17-15-19(3)22(16-18(17)2)29(27,28)24-9-4-10-25-11-13-26(14-12-25)21-7-5-20(23)6-8-21/h5-8,15-16,24H,4,9-14H2,1-3H3. The van der Waals surface area contributed by atoms with E-state index in [-0.39, 0.29) is 0 Å². The van der Waals surface area contributed by atoms with Crippen LogP contribution in [0.3, 0.4) is 0 Å². The number of sulfonamides is 1. The maximum atomic E-state index is 12.7. The number of nitrogens with one attached hydrogen (secondary N) is 1. The minimum Gasteiger partial charge on any atom is -0.369 e. The normalized spacial score (nSPS) is 15.7. The van der Waals surface area contributed by atoms with E-state index < -0.39 is 10.0 Å². The number of halogens is 1. The van der Waals surface area contributed by atoms with Gasteiger partial charge in [-0.2, -0.15) is 0 Å². The predicted octanol–water partition coefficient (Wildman–Crippen LogP) is 3.76. The van der Waals surface area contributed by atoms with Gasteiger partial charge in [0.25, 0.3) is 0 Å². The number of anilines is 1. The minimum atomic E-state index is -3.47. The van der Waals surface area contributed by atoms with Crippen molar-refractivity contribution in [1.29, 1.82) is 0 Å². The molecule has 2 aromatic carbocycles. The van der Waals surface area contributed by atoms with Crippen LogP contribution < -0.4 is 9.62 Å². The number of hydrogen-bond acceptors (Lipinski definition) is 4. The Bertz CT molecular complexity index is 937. The maximum absolute atomic E-state index is 12.7. The Labute approximate surface area is 179 Å². The first-order chi connectivity index (χ1) is 13.8. The van der Waals surface area contributed by atoms with Crippen molar-refractivity contribution in [2.75, 3.05) is 44.2 Å². The molecule has 0 unspecified atom stereocenters. The minimum absolute atomic E-state index is 0.386. The van der Waals surface area contributed by atoms with E-state index in [1.54, 1.807) is 6.07 Å². The average molecular weight is 436 g/mol. The fourth-order valence-corrected chi connectivity index (χ4v) is 5.20. The highest BCUT2D eigenvalue weighted by atomic mass is 35.5. The highest BCUT2D eigenvalue weighted by Crippen LogP contribution is 2.21. The molecule has 0 radical (unpaired) electrons. The molecule has 1 aliphatic heterocycles. The highest BCUT2D eigenvalue weighted by Gasteiger charge is 2.19. The molecule has 0 amide bonds. The first-order valence-corrected chi connectivity index (χ1v) is 11.9. The molecule has 0 bridgehead atoms. The molecule has 5 nitrogen and oxygen atoms in total. The van der Waals surface area contributed by atoms with Crippen molar-refractivity contribution >= 4 is 27.3 Å². The zero-order valence-corrected chi connectivity index (χ0v) is 19.0. The molecule has 3 rings (SSSR count). The third-order valence-corrected chi connectivity index (χ3v) is 7.44. The molecule has 1 aliphatic rings. The lowest BCUT2D eigenvalue weighted by molar-refractivity contribution is 0.255. The van der Waals surface area contributed by atoms with E-state index >= 15 is 0 Å². The molecule has 29 heavy (non-hydrogen) atoms. The summed E-state index contributed by atoms with van der Waals surface area (Å²) in [6.07, 6.45) is 0.796. The van der Waals surface area contributed by atoms with Crippen LogP contribution in [0.4, 0.5) is 5.69 Å². The van der Waals surface area contributed by atoms with Gasteiger partial charge in [0.2, 0.25) is 10.0 Å². The molecule has 1 saturated heterocycles. The summed E-state index contributed by atoms with van der Waals surface area (Å²) in [6, 6.07) is 11.7. The second kappa shape index (κ2) is 9.47. The maximum Gasteiger partial charge on any atom is 0.240 e. The van der Waals surface area contributed by atoms with Gasteiger partial charge in [-0.1, -0.05) is 17.7 Å². The first-order valence-electron chi connectivity index (χ1n) is 10.1. The number of benzene rings is 2. The lowest BCUT2D eigenvalue weighted by atomic mass is 10.1. The van der Waals surface area contributed by atoms with Crippen molar-refractivity contribution in [1.82, 2.24) is 9.62 Å². The Balaban J connectivity index is 1.44. The third kappa shape index (κ3) is 5.72. The van der Waals surface area contributed by atoms with E-state index in [0.29, 0.717) is 11.4 Å². The number of hydrogen-bond donors (Lipinski definition) is 1. The van der Waals surface area contributed by atoms with E-state index in [1.807, 2.05) is 39.0 Å². The molecule has 0 atom stereocenters. The van der Waals surface area contributed by atoms with E-state index in [2.05, 4.69) is 26.7 Å². The first kappa shape index (κ1) is 22.1. The van der Waals surface area contributed by atoms with Crippen LogP contribution in [0.25, 0.3) is 0 Å². The molecule has 2 aromatic rings. The summed E-state index contributed by atoms with van der Waals surface area (Å²) in [4.78, 5) is 5.14. The van der Waals surface area contributed by atoms with E-state index in [0.717, 1.165) is 60.9 Å². The van der Waals surface area contributed by atoms with Gasteiger partial charge in [-0.25, -0.2) is 13.1 Å². The van der Waals surface area contributed by atoms with Crippen LogP contribution >= 0.6 is 11.6 Å². The molecule has 7 heteroatoms. The third-order valence-electron chi connectivity index (χ3n) is 5.59. The Kier molecular flexibility index (Phi) is 7.22. The lowest BCUT2D eigenvalue weighted by Crippen LogP contribution is -2.47. The van der Waals surface area contributed by atoms with Gasteiger partial charge in [0.05, 0.1) is 4.90 Å². The summed E-state index contributed by atoms with van der Waals surface area (Å²) >= 11 is 5.96. The predicted molar refractivity (Wildman–Crippen MR) is 121 cm³/mol. The van der Waals surface area contributed by atoms with Crippen LogP contribution in [0, 0.1) is 20.8 Å². The second-order valence-electron chi connectivity index (χ2n) is 7.76. The molecule has 0 saturated carbocycles. The molecule has 0 spiro atoms. The number of rotatable bonds is 7. The van der Waals surface area contributed by atoms with Gasteiger partial charge in [-0.15, -0.1) is 0 Å². The van der Waals surface area contributed by atoms with Crippen molar-refractivity contribution in [2.45, 2.75) is 32.1 Å². The Hall–Kier alpha value is -1.60. The van der Waals surface area contributed by atoms with Gasteiger partial charge >= 0.3 is 0 Å². The Morgan fingerprint density at radius 1 is 0.931 bits per heavy atom. The largest absolute Gasteiger partial charge is 0.369 e. The summed E-state index contributed by atoms with van der Waals surface area (Å²) in [5, 5.41) is 0.755. The summed E-state index contributed by atoms with van der Waals surface area (Å²) < 4.78 is 28.1. The quantitative estimate of drug-likeness (QED) is 0.673. The van der Waals surface area contributed by atoms with E-state index in [4.69, 9.17) is 11.6 Å². The zero-order chi connectivity index (χ0) is 21.0. The summed E-state index contributed by atoms with van der Waals surface area (Å²) in [6.45, 7) is 11.0. The summed E-state index contributed by atoms with van der Waals surface area (Å²) in [5.41, 5.74) is 4.10. The monoisotopic (exact) mass is 435 g/mol. The molecule has 1 heterocycles. The number of aryl methyl sites for hydroxylation is 3. The van der Waals surface area contributed by atoms with Crippen molar-refractivity contribution in [2.24, 2.45) is 0 Å². The van der Waals surface area contributed by atoms with E-state index in [1.165, 1.54) is 5.69 Å². The molecule has 1 fully saturated rings. The van der Waals surface area contributed by atoms with Crippen LogP contribution in [0.1, 0.15) is 23.1 Å². The van der Waals surface area contributed by atoms with Crippen LogP contribution in [-0.2, 0) is 10.0 Å². The highest BCUT2D eigenvalue weighted by molar-refractivity contribution is 7.89. The Morgan fingerprint density at radius 2 is 1.55 bits per heavy atom. The molecular weight excluding hydrogens is 406 g/mol. The fraction of sp³-hybridized carbons (Fsp3) is 0.455. The molecular formula is C22H30ClN3O2S. The zero-order valence-electron chi connectivity index (χ0n) is 17.4. The lowest BCUT2D eigenvalue weighted by Gasteiger charge is -2.36. The van der Waals surface area contributed by atoms with Crippen molar-refractivity contribution in [3.8, 4) is 0 Å².